The molecule has 1 aliphatic heterocycles. The van der Waals surface area contributed by atoms with E-state index in [1.54, 1.807) is 11.9 Å². The molecule has 0 atom stereocenters. The minimum atomic E-state index is -1.21. The van der Waals surface area contributed by atoms with E-state index in [1.807, 2.05) is 0 Å². The Labute approximate surface area is 226 Å². The van der Waals surface area contributed by atoms with Crippen molar-refractivity contribution in [3.63, 3.8) is 0 Å². The number of halogens is 4. The predicted molar refractivity (Wildman–Crippen MR) is 137 cm³/mol. The molecule has 3 aromatic rings. The molecule has 0 unspecified atom stereocenters. The smallest absolute Gasteiger partial charge is 0.291 e. The van der Waals surface area contributed by atoms with E-state index in [-0.39, 0.29) is 50.5 Å². The molecular weight excluding hydrogens is 543 g/mol. The number of nitrogens with two attached hydrogens (primary N) is 1. The van der Waals surface area contributed by atoms with Gasteiger partial charge in [0.25, 0.3) is 11.8 Å². The first-order chi connectivity index (χ1) is 18.1. The average Bonchev–Trinajstić information content (AvgIpc) is 3.28. The van der Waals surface area contributed by atoms with Crippen LogP contribution in [0.25, 0.3) is 11.3 Å². The second kappa shape index (κ2) is 11.4. The van der Waals surface area contributed by atoms with Gasteiger partial charge in [-0.1, -0.05) is 23.2 Å². The molecule has 0 saturated carbocycles. The molecule has 1 saturated heterocycles. The second-order valence-corrected chi connectivity index (χ2v) is 9.42. The lowest BCUT2D eigenvalue weighted by molar-refractivity contribution is -0.123. The molecule has 13 heteroatoms. The molecule has 4 rings (SSSR count). The van der Waals surface area contributed by atoms with Crippen LogP contribution >= 0.6 is 23.2 Å². The predicted octanol–water partition coefficient (Wildman–Crippen LogP) is 4.43. The van der Waals surface area contributed by atoms with Crippen molar-refractivity contribution in [1.82, 2.24) is 14.5 Å². The van der Waals surface area contributed by atoms with Gasteiger partial charge >= 0.3 is 0 Å². The first kappa shape index (κ1) is 27.3. The summed E-state index contributed by atoms with van der Waals surface area (Å²) in [7, 11) is 1.55. The third-order valence-corrected chi connectivity index (χ3v) is 7.05. The monoisotopic (exact) mass is 565 g/mol. The van der Waals surface area contributed by atoms with Gasteiger partial charge < -0.3 is 25.3 Å². The maximum Gasteiger partial charge on any atom is 0.291 e. The fourth-order valence-corrected chi connectivity index (χ4v) is 4.78. The average molecular weight is 566 g/mol. The Hall–Kier alpha value is -3.70. The molecule has 9 nitrogen and oxygen atoms in total. The van der Waals surface area contributed by atoms with Crippen LogP contribution in [0.1, 0.15) is 33.8 Å². The van der Waals surface area contributed by atoms with E-state index in [0.29, 0.717) is 37.3 Å². The minimum absolute atomic E-state index is 0.00541. The number of imidazole rings is 1. The van der Waals surface area contributed by atoms with Crippen molar-refractivity contribution in [2.24, 2.45) is 18.7 Å². The summed E-state index contributed by atoms with van der Waals surface area (Å²) in [5.41, 5.74) is 6.51. The fraction of sp³-hybridized carbons (Fsp3) is 0.280. The first-order valence-corrected chi connectivity index (χ1v) is 12.3. The van der Waals surface area contributed by atoms with E-state index < -0.39 is 18.6 Å². The zero-order valence-electron chi connectivity index (χ0n) is 20.1. The molecule has 0 spiro atoms. The molecule has 200 valence electrons. The zero-order valence-corrected chi connectivity index (χ0v) is 21.7. The number of ether oxygens (including phenoxy) is 1. The highest BCUT2D eigenvalue weighted by molar-refractivity contribution is 6.34. The number of carbonyl (C=O) groups is 3. The van der Waals surface area contributed by atoms with Crippen molar-refractivity contribution in [2.75, 3.05) is 25.3 Å². The summed E-state index contributed by atoms with van der Waals surface area (Å²) in [5.74, 6) is -2.76. The van der Waals surface area contributed by atoms with Gasteiger partial charge in [0.05, 0.1) is 27.5 Å². The van der Waals surface area contributed by atoms with Crippen LogP contribution in [0.15, 0.2) is 36.5 Å². The quantitative estimate of drug-likeness (QED) is 0.439. The highest BCUT2D eigenvalue weighted by atomic mass is 35.5. The van der Waals surface area contributed by atoms with Crippen LogP contribution in [0.3, 0.4) is 0 Å². The number of piperidine rings is 1. The number of amides is 3. The van der Waals surface area contributed by atoms with Gasteiger partial charge in [-0.2, -0.15) is 0 Å². The normalized spacial score (nSPS) is 13.9. The Balaban J connectivity index is 1.48. The van der Waals surface area contributed by atoms with Gasteiger partial charge in [-0.15, -0.1) is 0 Å². The van der Waals surface area contributed by atoms with Crippen LogP contribution < -0.4 is 15.8 Å². The Morgan fingerprint density at radius 3 is 2.53 bits per heavy atom. The highest BCUT2D eigenvalue weighted by Crippen LogP contribution is 2.35. The summed E-state index contributed by atoms with van der Waals surface area (Å²) >= 11 is 12.5. The molecule has 2 aromatic carbocycles. The number of benzene rings is 2. The van der Waals surface area contributed by atoms with Gasteiger partial charge in [-0.3, -0.25) is 14.4 Å². The SMILES string of the molecule is Cn1c(-c2ccc(OCF)c(F)c2Cl)cnc1C(=O)Nc1ccc(C(=O)N2CCC(C(N)=O)CC2)c(Cl)c1. The van der Waals surface area contributed by atoms with E-state index in [2.05, 4.69) is 15.0 Å². The number of carbonyl (C=O) groups excluding carboxylic acids is 3. The highest BCUT2D eigenvalue weighted by Gasteiger charge is 2.27. The van der Waals surface area contributed by atoms with E-state index in [9.17, 15) is 23.2 Å². The number of anilines is 1. The molecule has 0 bridgehead atoms. The third-order valence-electron chi connectivity index (χ3n) is 6.37. The van der Waals surface area contributed by atoms with Crippen LogP contribution in [-0.2, 0) is 11.8 Å². The number of aromatic nitrogens is 2. The molecule has 3 amide bonds. The molecular formula is C25H23Cl2F2N5O4. The summed E-state index contributed by atoms with van der Waals surface area (Å²) < 4.78 is 32.8. The largest absolute Gasteiger partial charge is 0.460 e. The van der Waals surface area contributed by atoms with E-state index >= 15 is 0 Å². The van der Waals surface area contributed by atoms with Crippen molar-refractivity contribution in [3.05, 3.63) is 63.8 Å². The van der Waals surface area contributed by atoms with E-state index in [1.165, 1.54) is 41.1 Å². The van der Waals surface area contributed by atoms with Crippen LogP contribution in [-0.4, -0.2) is 52.1 Å². The number of primary amides is 1. The van der Waals surface area contributed by atoms with E-state index in [4.69, 9.17) is 28.9 Å². The first-order valence-electron chi connectivity index (χ1n) is 11.5. The molecule has 2 heterocycles. The van der Waals surface area contributed by atoms with Gasteiger partial charge in [0.2, 0.25) is 12.8 Å². The van der Waals surface area contributed by atoms with Gasteiger partial charge in [0.1, 0.15) is 0 Å². The number of hydrogen-bond acceptors (Lipinski definition) is 5. The van der Waals surface area contributed by atoms with Crippen LogP contribution in [0.2, 0.25) is 10.0 Å². The summed E-state index contributed by atoms with van der Waals surface area (Å²) in [4.78, 5) is 42.9. The van der Waals surface area contributed by atoms with Crippen molar-refractivity contribution in [1.29, 1.82) is 0 Å². The van der Waals surface area contributed by atoms with Crippen molar-refractivity contribution in [2.45, 2.75) is 12.8 Å². The van der Waals surface area contributed by atoms with Crippen LogP contribution in [0.5, 0.6) is 5.75 Å². The number of hydrogen-bond donors (Lipinski definition) is 2. The number of nitrogens with zero attached hydrogens (tertiary/aromatic N) is 3. The van der Waals surface area contributed by atoms with Crippen molar-refractivity contribution >= 4 is 46.6 Å². The standard InChI is InChI=1S/C25H23Cl2F2N5O4/c1-33-18(16-4-5-19(38-12-28)21(29)20(16)27)11-31-23(33)24(36)32-14-2-3-15(17(26)10-14)25(37)34-8-6-13(7-9-34)22(30)35/h2-5,10-11,13H,6-9,12H2,1H3,(H2,30,35)(H,32,36). The van der Waals surface area contributed by atoms with Gasteiger partial charge in [0, 0.05) is 37.3 Å². The third kappa shape index (κ3) is 5.44. The zero-order chi connectivity index (χ0) is 27.6. The van der Waals surface area contributed by atoms with Crippen molar-refractivity contribution < 1.29 is 27.9 Å². The lowest BCUT2D eigenvalue weighted by Gasteiger charge is -2.30. The molecule has 1 aromatic heterocycles. The number of alkyl halides is 1. The Kier molecular flexibility index (Phi) is 8.17. The van der Waals surface area contributed by atoms with Gasteiger partial charge in [-0.05, 0) is 43.2 Å². The minimum Gasteiger partial charge on any atom is -0.460 e. The molecule has 0 aliphatic carbocycles. The van der Waals surface area contributed by atoms with Crippen molar-refractivity contribution in [3.8, 4) is 17.0 Å². The lowest BCUT2D eigenvalue weighted by Crippen LogP contribution is -2.41. The fourth-order valence-electron chi connectivity index (χ4n) is 4.26. The van der Waals surface area contributed by atoms with Crippen LogP contribution in [0.4, 0.5) is 14.5 Å². The van der Waals surface area contributed by atoms with Gasteiger partial charge in [-0.25, -0.2) is 13.8 Å². The van der Waals surface area contributed by atoms with Gasteiger partial charge in [0.15, 0.2) is 17.4 Å². The summed E-state index contributed by atoms with van der Waals surface area (Å²) in [5, 5.41) is 2.50. The molecule has 3 N–H and O–H groups in total. The summed E-state index contributed by atoms with van der Waals surface area (Å²) in [6.45, 7) is -0.429. The summed E-state index contributed by atoms with van der Waals surface area (Å²) in [6.07, 6.45) is 2.33. The van der Waals surface area contributed by atoms with E-state index in [0.717, 1.165) is 0 Å². The summed E-state index contributed by atoms with van der Waals surface area (Å²) in [6, 6.07) is 7.15. The number of likely N-dealkylation sites (tertiary alicyclic amines) is 1. The maximum atomic E-state index is 14.4. The topological polar surface area (TPSA) is 120 Å². The Bertz CT molecular complexity index is 1410. The molecule has 38 heavy (non-hydrogen) atoms. The Morgan fingerprint density at radius 2 is 1.89 bits per heavy atom. The Morgan fingerprint density at radius 1 is 1.18 bits per heavy atom. The van der Waals surface area contributed by atoms with Crippen LogP contribution in [0, 0.1) is 11.7 Å². The number of rotatable bonds is 7. The second-order valence-electron chi connectivity index (χ2n) is 8.64. The maximum absolute atomic E-state index is 14.4. The lowest BCUT2D eigenvalue weighted by atomic mass is 9.96. The number of nitrogens with one attached hydrogen (secondary N) is 1. The molecule has 1 fully saturated rings. The molecule has 0 radical (unpaired) electrons. The molecule has 1 aliphatic rings.